The van der Waals surface area contributed by atoms with Gasteiger partial charge in [-0.3, -0.25) is 4.79 Å². The Hall–Kier alpha value is -3.35. The predicted octanol–water partition coefficient (Wildman–Crippen LogP) is 4.90. The van der Waals surface area contributed by atoms with Gasteiger partial charge in [0.05, 0.1) is 23.1 Å². The molecule has 0 spiro atoms. The van der Waals surface area contributed by atoms with E-state index in [1.165, 1.54) is 12.6 Å². The maximum absolute atomic E-state index is 11.9. The number of hydrogen-bond acceptors (Lipinski definition) is 6. The van der Waals surface area contributed by atoms with E-state index in [1.54, 1.807) is 0 Å². The van der Waals surface area contributed by atoms with Gasteiger partial charge in [-0.25, -0.2) is 0 Å². The van der Waals surface area contributed by atoms with Crippen molar-refractivity contribution in [3.63, 3.8) is 0 Å². The zero-order chi connectivity index (χ0) is 25.8. The lowest BCUT2D eigenvalue weighted by Gasteiger charge is -2.47. The van der Waals surface area contributed by atoms with E-state index in [-0.39, 0.29) is 23.9 Å². The number of benzene rings is 2. The second-order valence-electron chi connectivity index (χ2n) is 11.0. The number of esters is 1. The first-order valence-electron chi connectivity index (χ1n) is 13.6. The number of nitrogens with zero attached hydrogens (tertiary/aromatic N) is 4. The molecular weight excluding hydrogens is 460 g/mol. The zero-order valence-electron chi connectivity index (χ0n) is 21.7. The Morgan fingerprint density at radius 2 is 1.70 bits per heavy atom. The Kier molecular flexibility index (Phi) is 7.49. The second kappa shape index (κ2) is 11.0. The van der Waals surface area contributed by atoms with Gasteiger partial charge in [0.2, 0.25) is 0 Å². The van der Waals surface area contributed by atoms with Crippen molar-refractivity contribution in [2.75, 3.05) is 37.6 Å². The van der Waals surface area contributed by atoms with Crippen molar-refractivity contribution in [1.29, 1.82) is 10.5 Å². The third-order valence-electron chi connectivity index (χ3n) is 8.86. The van der Waals surface area contributed by atoms with E-state index in [2.05, 4.69) is 34.1 Å². The summed E-state index contributed by atoms with van der Waals surface area (Å²) in [5, 5.41) is 19.8. The monoisotopic (exact) mass is 496 g/mol. The first kappa shape index (κ1) is 25.3. The Balaban J connectivity index is 1.24. The van der Waals surface area contributed by atoms with Crippen LogP contribution in [0.3, 0.4) is 0 Å². The fraction of sp³-hybridized carbons (Fsp3) is 0.516. The summed E-state index contributed by atoms with van der Waals surface area (Å²) >= 11 is 0. The molecule has 1 saturated carbocycles. The average Bonchev–Trinajstić information content (AvgIpc) is 3.36. The summed E-state index contributed by atoms with van der Waals surface area (Å²) < 4.78 is 5.78. The van der Waals surface area contributed by atoms with Crippen LogP contribution in [-0.2, 0) is 14.9 Å². The number of likely N-dealkylation sites (tertiary alicyclic amines) is 1. The lowest BCUT2D eigenvalue weighted by atomic mass is 9.59. The van der Waals surface area contributed by atoms with Crippen LogP contribution in [-0.4, -0.2) is 49.7 Å². The highest BCUT2D eigenvalue weighted by Crippen LogP contribution is 2.51. The summed E-state index contributed by atoms with van der Waals surface area (Å²) in [5.41, 5.74) is 2.34. The molecule has 0 bridgehead atoms. The molecule has 1 aliphatic carbocycles. The molecular formula is C31H36N4O2. The number of carbonyl (C=O) groups is 1. The summed E-state index contributed by atoms with van der Waals surface area (Å²) in [5.74, 6) is 0.675. The van der Waals surface area contributed by atoms with Crippen molar-refractivity contribution < 1.29 is 9.53 Å². The zero-order valence-corrected chi connectivity index (χ0v) is 21.7. The molecule has 6 heteroatoms. The summed E-state index contributed by atoms with van der Waals surface area (Å²) in [4.78, 5) is 16.8. The maximum atomic E-state index is 11.9. The van der Waals surface area contributed by atoms with Gasteiger partial charge in [0.1, 0.15) is 6.10 Å². The number of nitriles is 2. The predicted molar refractivity (Wildman–Crippen MR) is 143 cm³/mol. The topological polar surface area (TPSA) is 80.4 Å². The fourth-order valence-electron chi connectivity index (χ4n) is 7.09. The normalized spacial score (nSPS) is 24.5. The molecule has 6 nitrogen and oxygen atoms in total. The first-order valence-corrected chi connectivity index (χ1v) is 13.6. The largest absolute Gasteiger partial charge is 0.462 e. The van der Waals surface area contributed by atoms with Gasteiger partial charge in [-0.1, -0.05) is 30.3 Å². The quantitative estimate of drug-likeness (QED) is 0.507. The van der Waals surface area contributed by atoms with E-state index < -0.39 is 5.41 Å². The molecule has 0 aromatic heterocycles. The van der Waals surface area contributed by atoms with Crippen molar-refractivity contribution in [2.45, 2.75) is 50.5 Å². The number of carbonyl (C=O) groups excluding carboxylic acids is 1. The van der Waals surface area contributed by atoms with Gasteiger partial charge in [-0.15, -0.1) is 0 Å². The summed E-state index contributed by atoms with van der Waals surface area (Å²) in [6.45, 7) is 6.66. The van der Waals surface area contributed by atoms with E-state index in [0.717, 1.165) is 70.4 Å². The van der Waals surface area contributed by atoms with E-state index in [4.69, 9.17) is 10.00 Å². The summed E-state index contributed by atoms with van der Waals surface area (Å²) in [7, 11) is 0. The standard InChI is InChI=1S/C31H36N4O2/c1-23(36)37-30-9-5-8-29(30)31(22-33,26-6-3-2-4-7-26)27-14-16-34(17-15-27)19-25-20-35(21-25)28-12-10-24(18-32)11-13-28/h2-4,6-7,10-13,25,27,29-30H,5,8-9,14-17,19-21H2,1H3/t29-,30-,31+/m0/s1. The van der Waals surface area contributed by atoms with Crippen LogP contribution in [0.1, 0.15) is 50.2 Å². The van der Waals surface area contributed by atoms with E-state index >= 15 is 0 Å². The van der Waals surface area contributed by atoms with Crippen molar-refractivity contribution in [3.8, 4) is 12.1 Å². The average molecular weight is 497 g/mol. The van der Waals surface area contributed by atoms with Crippen LogP contribution in [0.25, 0.3) is 0 Å². The van der Waals surface area contributed by atoms with Gasteiger partial charge in [-0.2, -0.15) is 10.5 Å². The van der Waals surface area contributed by atoms with E-state index in [9.17, 15) is 10.1 Å². The lowest BCUT2D eigenvalue weighted by molar-refractivity contribution is -0.149. The summed E-state index contributed by atoms with van der Waals surface area (Å²) in [6, 6.07) is 23.1. The molecule has 3 fully saturated rings. The van der Waals surface area contributed by atoms with Crippen molar-refractivity contribution >= 4 is 11.7 Å². The molecule has 3 aliphatic rings. The molecule has 37 heavy (non-hydrogen) atoms. The van der Waals surface area contributed by atoms with Gasteiger partial charge < -0.3 is 14.5 Å². The SMILES string of the molecule is CC(=O)O[C@H]1CCC[C@@H]1[C@](C#N)(c1ccccc1)C1CCN(CC2CN(c3ccc(C#N)cc3)C2)CC1. The molecule has 2 heterocycles. The Morgan fingerprint density at radius 3 is 2.32 bits per heavy atom. The van der Waals surface area contributed by atoms with E-state index in [1.807, 2.05) is 42.5 Å². The molecule has 2 aromatic rings. The van der Waals surface area contributed by atoms with Crippen molar-refractivity contribution in [2.24, 2.45) is 17.8 Å². The van der Waals surface area contributed by atoms with Crippen LogP contribution < -0.4 is 4.90 Å². The summed E-state index contributed by atoms with van der Waals surface area (Å²) in [6.07, 6.45) is 4.55. The highest BCUT2D eigenvalue weighted by atomic mass is 16.5. The minimum Gasteiger partial charge on any atom is -0.462 e. The van der Waals surface area contributed by atoms with Crippen LogP contribution in [0.2, 0.25) is 0 Å². The van der Waals surface area contributed by atoms with Crippen LogP contribution in [0.4, 0.5) is 5.69 Å². The minimum atomic E-state index is -0.632. The van der Waals surface area contributed by atoms with Gasteiger partial charge in [0.15, 0.2) is 0 Å². The third-order valence-corrected chi connectivity index (χ3v) is 8.86. The van der Waals surface area contributed by atoms with Gasteiger partial charge >= 0.3 is 5.97 Å². The van der Waals surface area contributed by atoms with Gasteiger partial charge in [0.25, 0.3) is 0 Å². The van der Waals surface area contributed by atoms with Crippen molar-refractivity contribution in [1.82, 2.24) is 4.90 Å². The molecule has 0 unspecified atom stereocenters. The van der Waals surface area contributed by atoms with Crippen LogP contribution >= 0.6 is 0 Å². The molecule has 3 atom stereocenters. The van der Waals surface area contributed by atoms with E-state index in [0.29, 0.717) is 11.5 Å². The molecule has 2 saturated heterocycles. The third kappa shape index (κ3) is 5.09. The van der Waals surface area contributed by atoms with Gasteiger partial charge in [0, 0.05) is 44.1 Å². The first-order chi connectivity index (χ1) is 18.0. The number of rotatable bonds is 7. The van der Waals surface area contributed by atoms with Crippen molar-refractivity contribution in [3.05, 3.63) is 65.7 Å². The minimum absolute atomic E-state index is 0.0351. The second-order valence-corrected chi connectivity index (χ2v) is 11.0. The van der Waals surface area contributed by atoms with Crippen LogP contribution in [0, 0.1) is 40.4 Å². The Bertz CT molecular complexity index is 1150. The Morgan fingerprint density at radius 1 is 1.00 bits per heavy atom. The smallest absolute Gasteiger partial charge is 0.302 e. The molecule has 0 N–H and O–H groups in total. The molecule has 5 rings (SSSR count). The number of hydrogen-bond donors (Lipinski definition) is 0. The Labute approximate surface area is 220 Å². The molecule has 2 aliphatic heterocycles. The van der Waals surface area contributed by atoms with Crippen LogP contribution in [0.5, 0.6) is 0 Å². The maximum Gasteiger partial charge on any atom is 0.302 e. The highest BCUT2D eigenvalue weighted by Gasteiger charge is 2.53. The number of ether oxygens (including phenoxy) is 1. The molecule has 2 aromatic carbocycles. The van der Waals surface area contributed by atoms with Crippen LogP contribution in [0.15, 0.2) is 54.6 Å². The molecule has 192 valence electrons. The van der Waals surface area contributed by atoms with Gasteiger partial charge in [-0.05, 0) is 80.9 Å². The highest BCUT2D eigenvalue weighted by molar-refractivity contribution is 5.66. The molecule has 0 radical (unpaired) electrons. The lowest BCUT2D eigenvalue weighted by Crippen LogP contribution is -2.54. The number of piperidine rings is 1. The fourth-order valence-corrected chi connectivity index (χ4v) is 7.09. The molecule has 0 amide bonds. The number of anilines is 1.